The fourth-order valence-electron chi connectivity index (χ4n) is 1.98. The van der Waals surface area contributed by atoms with Gasteiger partial charge in [-0.1, -0.05) is 56.5 Å². The highest BCUT2D eigenvalue weighted by Crippen LogP contribution is 2.24. The molecular weight excluding hydrogens is 224 g/mol. The Kier molecular flexibility index (Phi) is 4.93. The predicted octanol–water partition coefficient (Wildman–Crippen LogP) is 5.51. The molecule has 0 unspecified atom stereocenters. The smallest absolute Gasteiger partial charge is 0.00783 e. The van der Waals surface area contributed by atoms with Crippen LogP contribution in [0.25, 0.3) is 10.8 Å². The van der Waals surface area contributed by atoms with Crippen LogP contribution in [0, 0.1) is 0 Å². The maximum absolute atomic E-state index is 2.31. The molecule has 0 aliphatic carbocycles. The summed E-state index contributed by atoms with van der Waals surface area (Å²) >= 11 is 1.99. The lowest BCUT2D eigenvalue weighted by Crippen LogP contribution is -1.81. The van der Waals surface area contributed by atoms with Gasteiger partial charge >= 0.3 is 0 Å². The molecule has 0 atom stereocenters. The Morgan fingerprint density at radius 1 is 0.882 bits per heavy atom. The van der Waals surface area contributed by atoms with Crippen LogP contribution in [-0.2, 0) is 0 Å². The Balaban J connectivity index is 1.90. The maximum Gasteiger partial charge on any atom is 0.00783 e. The van der Waals surface area contributed by atoms with E-state index in [2.05, 4.69) is 49.4 Å². The molecule has 0 aliphatic heterocycles. The molecule has 0 nitrogen and oxygen atoms in total. The van der Waals surface area contributed by atoms with Crippen molar-refractivity contribution in [2.24, 2.45) is 0 Å². The Morgan fingerprint density at radius 3 is 2.53 bits per heavy atom. The molecule has 2 aromatic carbocycles. The lowest BCUT2D eigenvalue weighted by atomic mass is 10.1. The van der Waals surface area contributed by atoms with E-state index < -0.39 is 0 Å². The summed E-state index contributed by atoms with van der Waals surface area (Å²) in [7, 11) is 0. The molecule has 17 heavy (non-hydrogen) atoms. The van der Waals surface area contributed by atoms with Gasteiger partial charge < -0.3 is 0 Å². The van der Waals surface area contributed by atoms with Crippen LogP contribution >= 0.6 is 11.8 Å². The van der Waals surface area contributed by atoms with Crippen LogP contribution < -0.4 is 0 Å². The van der Waals surface area contributed by atoms with Crippen LogP contribution in [0.1, 0.15) is 32.6 Å². The zero-order valence-electron chi connectivity index (χ0n) is 10.5. The number of rotatable bonds is 6. The first kappa shape index (κ1) is 12.5. The van der Waals surface area contributed by atoms with Gasteiger partial charge in [0.05, 0.1) is 0 Å². The van der Waals surface area contributed by atoms with Crippen molar-refractivity contribution >= 4 is 22.5 Å². The summed E-state index contributed by atoms with van der Waals surface area (Å²) in [6.45, 7) is 2.26. The number of fused-ring (bicyclic) bond motifs is 1. The molecule has 0 spiro atoms. The molecule has 0 aromatic heterocycles. The van der Waals surface area contributed by atoms with Gasteiger partial charge in [0.25, 0.3) is 0 Å². The quantitative estimate of drug-likeness (QED) is 0.477. The van der Waals surface area contributed by atoms with E-state index in [-0.39, 0.29) is 0 Å². The second kappa shape index (κ2) is 6.70. The largest absolute Gasteiger partial charge is 0.126 e. The van der Waals surface area contributed by atoms with Crippen molar-refractivity contribution in [1.29, 1.82) is 0 Å². The first-order valence-electron chi connectivity index (χ1n) is 6.52. The fourth-order valence-corrected chi connectivity index (χ4v) is 2.93. The third-order valence-corrected chi connectivity index (χ3v) is 4.07. The molecule has 0 aliphatic rings. The van der Waals surface area contributed by atoms with Gasteiger partial charge in [-0.15, -0.1) is 11.8 Å². The van der Waals surface area contributed by atoms with Gasteiger partial charge in [0.2, 0.25) is 0 Å². The van der Waals surface area contributed by atoms with Crippen molar-refractivity contribution < 1.29 is 0 Å². The van der Waals surface area contributed by atoms with Crippen molar-refractivity contribution in [3.63, 3.8) is 0 Å². The van der Waals surface area contributed by atoms with Gasteiger partial charge in [0.15, 0.2) is 0 Å². The molecule has 0 fully saturated rings. The average Bonchev–Trinajstić information content (AvgIpc) is 2.38. The third-order valence-electron chi connectivity index (χ3n) is 2.99. The minimum atomic E-state index is 1.25. The minimum Gasteiger partial charge on any atom is -0.126 e. The second-order valence-corrected chi connectivity index (χ2v) is 5.59. The van der Waals surface area contributed by atoms with Crippen LogP contribution in [0.5, 0.6) is 0 Å². The Labute approximate surface area is 108 Å². The predicted molar refractivity (Wildman–Crippen MR) is 78.8 cm³/mol. The zero-order chi connectivity index (χ0) is 11.9. The number of thioether (sulfide) groups is 1. The van der Waals surface area contributed by atoms with Crippen molar-refractivity contribution in [2.45, 2.75) is 37.5 Å². The zero-order valence-corrected chi connectivity index (χ0v) is 11.3. The number of hydrogen-bond acceptors (Lipinski definition) is 1. The molecule has 0 saturated carbocycles. The Morgan fingerprint density at radius 2 is 1.71 bits per heavy atom. The van der Waals surface area contributed by atoms with Gasteiger partial charge in [-0.25, -0.2) is 0 Å². The molecule has 0 bridgehead atoms. The fraction of sp³-hybridized carbons (Fsp3) is 0.375. The highest BCUT2D eigenvalue weighted by atomic mass is 32.2. The van der Waals surface area contributed by atoms with E-state index in [0.717, 1.165) is 0 Å². The number of benzene rings is 2. The van der Waals surface area contributed by atoms with Gasteiger partial charge in [-0.3, -0.25) is 0 Å². The first-order chi connectivity index (χ1) is 8.40. The summed E-state index contributed by atoms with van der Waals surface area (Å²) in [5.74, 6) is 1.25. The topological polar surface area (TPSA) is 0 Å². The van der Waals surface area contributed by atoms with Crippen LogP contribution in [0.4, 0.5) is 0 Å². The summed E-state index contributed by atoms with van der Waals surface area (Å²) in [6.07, 6.45) is 5.40. The maximum atomic E-state index is 2.31. The highest BCUT2D eigenvalue weighted by Gasteiger charge is 1.97. The Hall–Kier alpha value is -0.950. The summed E-state index contributed by atoms with van der Waals surface area (Å²) in [4.78, 5) is 1.40. The molecule has 0 saturated heterocycles. The van der Waals surface area contributed by atoms with Crippen LogP contribution in [0.2, 0.25) is 0 Å². The molecule has 90 valence electrons. The number of hydrogen-bond donors (Lipinski definition) is 0. The molecule has 0 N–H and O–H groups in total. The third kappa shape index (κ3) is 3.78. The van der Waals surface area contributed by atoms with E-state index >= 15 is 0 Å². The molecule has 0 amide bonds. The van der Waals surface area contributed by atoms with E-state index in [4.69, 9.17) is 0 Å². The summed E-state index contributed by atoms with van der Waals surface area (Å²) in [5.41, 5.74) is 0. The summed E-state index contributed by atoms with van der Waals surface area (Å²) in [6, 6.07) is 15.3. The summed E-state index contributed by atoms with van der Waals surface area (Å²) < 4.78 is 0. The molecule has 2 rings (SSSR count). The lowest BCUT2D eigenvalue weighted by molar-refractivity contribution is 0.706. The normalized spacial score (nSPS) is 10.9. The van der Waals surface area contributed by atoms with E-state index in [1.165, 1.54) is 47.1 Å². The molecule has 2 aromatic rings. The molecular formula is C16H20S. The van der Waals surface area contributed by atoms with Gasteiger partial charge in [-0.2, -0.15) is 0 Å². The van der Waals surface area contributed by atoms with Gasteiger partial charge in [-0.05, 0) is 35.1 Å². The first-order valence-corrected chi connectivity index (χ1v) is 7.50. The lowest BCUT2D eigenvalue weighted by Gasteiger charge is -2.03. The summed E-state index contributed by atoms with van der Waals surface area (Å²) in [5, 5.41) is 2.69. The van der Waals surface area contributed by atoms with E-state index in [1.54, 1.807) is 0 Å². The minimum absolute atomic E-state index is 1.25. The van der Waals surface area contributed by atoms with E-state index in [9.17, 15) is 0 Å². The Bertz CT molecular complexity index is 462. The van der Waals surface area contributed by atoms with Crippen molar-refractivity contribution in [3.05, 3.63) is 42.5 Å². The molecule has 1 heteroatoms. The highest BCUT2D eigenvalue weighted by molar-refractivity contribution is 7.99. The van der Waals surface area contributed by atoms with Crippen LogP contribution in [0.15, 0.2) is 47.4 Å². The SMILES string of the molecule is CCCCCCSc1ccc2ccccc2c1. The van der Waals surface area contributed by atoms with E-state index in [1.807, 2.05) is 11.8 Å². The monoisotopic (exact) mass is 244 g/mol. The number of unbranched alkanes of at least 4 members (excludes halogenated alkanes) is 3. The molecule has 0 radical (unpaired) electrons. The van der Waals surface area contributed by atoms with Crippen molar-refractivity contribution in [3.8, 4) is 0 Å². The molecule has 0 heterocycles. The van der Waals surface area contributed by atoms with Crippen molar-refractivity contribution in [2.75, 3.05) is 5.75 Å². The standard InChI is InChI=1S/C16H20S/c1-2-3-4-7-12-17-16-11-10-14-8-5-6-9-15(14)13-16/h5-6,8-11,13H,2-4,7,12H2,1H3. The van der Waals surface area contributed by atoms with E-state index in [0.29, 0.717) is 0 Å². The van der Waals surface area contributed by atoms with Crippen LogP contribution in [-0.4, -0.2) is 5.75 Å². The van der Waals surface area contributed by atoms with Gasteiger partial charge in [0, 0.05) is 4.90 Å². The second-order valence-electron chi connectivity index (χ2n) is 4.42. The van der Waals surface area contributed by atoms with Gasteiger partial charge in [0.1, 0.15) is 0 Å². The van der Waals surface area contributed by atoms with Crippen molar-refractivity contribution in [1.82, 2.24) is 0 Å². The van der Waals surface area contributed by atoms with Crippen LogP contribution in [0.3, 0.4) is 0 Å². The average molecular weight is 244 g/mol.